The number of fused-ring (bicyclic) bond motifs is 1. The number of nitrogens with zero attached hydrogens (tertiary/aromatic N) is 4. The third-order valence-corrected chi connectivity index (χ3v) is 5.87. The molecule has 1 amide bonds. The summed E-state index contributed by atoms with van der Waals surface area (Å²) in [6.45, 7) is 2.41. The van der Waals surface area contributed by atoms with Crippen molar-refractivity contribution in [1.29, 1.82) is 0 Å². The molecule has 3 heterocycles. The Bertz CT molecular complexity index is 1160. The number of hydrogen-bond acceptors (Lipinski definition) is 5. The number of aromatic nitrogens is 3. The molecule has 0 atom stereocenters. The van der Waals surface area contributed by atoms with Crippen LogP contribution in [-0.2, 0) is 4.74 Å². The van der Waals surface area contributed by atoms with E-state index in [1.165, 1.54) is 23.5 Å². The molecule has 1 aliphatic rings. The SMILES string of the molecule is O=C(c1ccc(-c2nn3c(-c4ccc(F)cc4)cnc3s2)cc1)N1CCOCC1. The molecular formula is C21H17FN4O2S. The van der Waals surface area contributed by atoms with Gasteiger partial charge in [-0.1, -0.05) is 23.5 Å². The topological polar surface area (TPSA) is 59.7 Å². The van der Waals surface area contributed by atoms with Crippen molar-refractivity contribution in [3.05, 3.63) is 66.1 Å². The Morgan fingerprint density at radius 2 is 1.69 bits per heavy atom. The average molecular weight is 408 g/mol. The van der Waals surface area contributed by atoms with Gasteiger partial charge in [0.1, 0.15) is 10.8 Å². The fourth-order valence-corrected chi connectivity index (χ4v) is 4.21. The number of benzene rings is 2. The Labute approximate surface area is 170 Å². The van der Waals surface area contributed by atoms with Gasteiger partial charge in [0.25, 0.3) is 5.91 Å². The van der Waals surface area contributed by atoms with Gasteiger partial charge in [0.05, 0.1) is 25.1 Å². The van der Waals surface area contributed by atoms with Crippen LogP contribution in [0.4, 0.5) is 4.39 Å². The van der Waals surface area contributed by atoms with Crippen LogP contribution >= 0.6 is 11.3 Å². The van der Waals surface area contributed by atoms with Gasteiger partial charge in [-0.05, 0) is 36.4 Å². The van der Waals surface area contributed by atoms with Gasteiger partial charge in [-0.2, -0.15) is 5.10 Å². The summed E-state index contributed by atoms with van der Waals surface area (Å²) in [5.74, 6) is -0.257. The van der Waals surface area contributed by atoms with Crippen LogP contribution in [0.2, 0.25) is 0 Å². The maximum absolute atomic E-state index is 13.2. The molecule has 1 fully saturated rings. The van der Waals surface area contributed by atoms with E-state index in [0.717, 1.165) is 26.8 Å². The molecule has 0 saturated carbocycles. The van der Waals surface area contributed by atoms with Gasteiger partial charge in [0.2, 0.25) is 4.96 Å². The monoisotopic (exact) mass is 408 g/mol. The van der Waals surface area contributed by atoms with E-state index in [2.05, 4.69) is 10.1 Å². The molecule has 5 rings (SSSR count). The van der Waals surface area contributed by atoms with Gasteiger partial charge in [-0.25, -0.2) is 13.9 Å². The van der Waals surface area contributed by atoms with E-state index in [0.29, 0.717) is 31.9 Å². The molecule has 0 radical (unpaired) electrons. The summed E-state index contributed by atoms with van der Waals surface area (Å²) in [6, 6.07) is 13.7. The van der Waals surface area contributed by atoms with E-state index in [1.54, 1.807) is 22.8 Å². The number of carbonyl (C=O) groups is 1. The van der Waals surface area contributed by atoms with Gasteiger partial charge < -0.3 is 9.64 Å². The normalized spacial score (nSPS) is 14.4. The summed E-state index contributed by atoms with van der Waals surface area (Å²) in [7, 11) is 0. The zero-order valence-electron chi connectivity index (χ0n) is 15.4. The summed E-state index contributed by atoms with van der Waals surface area (Å²) in [6.07, 6.45) is 1.74. The average Bonchev–Trinajstić information content (AvgIpc) is 3.36. The highest BCUT2D eigenvalue weighted by Gasteiger charge is 2.19. The molecule has 0 aliphatic carbocycles. The van der Waals surface area contributed by atoms with E-state index in [4.69, 9.17) is 4.74 Å². The lowest BCUT2D eigenvalue weighted by molar-refractivity contribution is 0.0303. The van der Waals surface area contributed by atoms with Crippen LogP contribution in [0.1, 0.15) is 10.4 Å². The first kappa shape index (κ1) is 18.0. The lowest BCUT2D eigenvalue weighted by atomic mass is 10.1. The molecule has 0 spiro atoms. The first-order valence-electron chi connectivity index (χ1n) is 9.27. The number of rotatable bonds is 3. The van der Waals surface area contributed by atoms with E-state index < -0.39 is 0 Å². The summed E-state index contributed by atoms with van der Waals surface area (Å²) < 4.78 is 20.3. The Morgan fingerprint density at radius 3 is 2.41 bits per heavy atom. The number of carbonyl (C=O) groups excluding carboxylic acids is 1. The van der Waals surface area contributed by atoms with Crippen LogP contribution in [0.3, 0.4) is 0 Å². The smallest absolute Gasteiger partial charge is 0.254 e. The Balaban J connectivity index is 1.42. The molecule has 0 bridgehead atoms. The van der Waals surface area contributed by atoms with E-state index >= 15 is 0 Å². The molecule has 146 valence electrons. The molecule has 2 aromatic heterocycles. The number of halogens is 1. The van der Waals surface area contributed by atoms with E-state index in [-0.39, 0.29) is 11.7 Å². The number of imidazole rings is 1. The van der Waals surface area contributed by atoms with Crippen molar-refractivity contribution in [3.63, 3.8) is 0 Å². The van der Waals surface area contributed by atoms with Gasteiger partial charge in [-0.15, -0.1) is 0 Å². The van der Waals surface area contributed by atoms with Crippen LogP contribution in [0.5, 0.6) is 0 Å². The minimum atomic E-state index is -0.278. The highest BCUT2D eigenvalue weighted by molar-refractivity contribution is 7.19. The summed E-state index contributed by atoms with van der Waals surface area (Å²) in [5.41, 5.74) is 3.23. The molecule has 4 aromatic rings. The van der Waals surface area contributed by atoms with Gasteiger partial charge in [-0.3, -0.25) is 4.79 Å². The summed E-state index contributed by atoms with van der Waals surface area (Å²) >= 11 is 1.47. The van der Waals surface area contributed by atoms with Crippen molar-refractivity contribution in [2.45, 2.75) is 0 Å². The maximum atomic E-state index is 13.2. The zero-order chi connectivity index (χ0) is 19.8. The Morgan fingerprint density at radius 1 is 1.00 bits per heavy atom. The van der Waals surface area contributed by atoms with Crippen LogP contribution in [0, 0.1) is 5.82 Å². The van der Waals surface area contributed by atoms with Crippen molar-refractivity contribution >= 4 is 22.2 Å². The number of amides is 1. The number of morpholine rings is 1. The predicted molar refractivity (Wildman–Crippen MR) is 108 cm³/mol. The van der Waals surface area contributed by atoms with Crippen molar-refractivity contribution < 1.29 is 13.9 Å². The molecule has 29 heavy (non-hydrogen) atoms. The molecule has 2 aromatic carbocycles. The third kappa shape index (κ3) is 3.41. The van der Waals surface area contributed by atoms with Gasteiger partial charge in [0, 0.05) is 29.8 Å². The molecule has 6 nitrogen and oxygen atoms in total. The number of ether oxygens (including phenoxy) is 1. The van der Waals surface area contributed by atoms with Crippen LogP contribution in [0.25, 0.3) is 26.8 Å². The van der Waals surface area contributed by atoms with Gasteiger partial charge in [0.15, 0.2) is 0 Å². The summed E-state index contributed by atoms with van der Waals surface area (Å²) in [5, 5.41) is 5.48. The summed E-state index contributed by atoms with van der Waals surface area (Å²) in [4.78, 5) is 19.6. The first-order chi connectivity index (χ1) is 14.2. The predicted octanol–water partition coefficient (Wildman–Crippen LogP) is 3.74. The fourth-order valence-electron chi connectivity index (χ4n) is 3.33. The quantitative estimate of drug-likeness (QED) is 0.518. The largest absolute Gasteiger partial charge is 0.378 e. The molecule has 1 saturated heterocycles. The van der Waals surface area contributed by atoms with Crippen LogP contribution in [-0.4, -0.2) is 51.7 Å². The maximum Gasteiger partial charge on any atom is 0.254 e. The van der Waals surface area contributed by atoms with Crippen molar-refractivity contribution in [1.82, 2.24) is 19.5 Å². The highest BCUT2D eigenvalue weighted by Crippen LogP contribution is 2.29. The zero-order valence-corrected chi connectivity index (χ0v) is 16.2. The van der Waals surface area contributed by atoms with E-state index in [1.807, 2.05) is 29.2 Å². The minimum Gasteiger partial charge on any atom is -0.378 e. The van der Waals surface area contributed by atoms with Gasteiger partial charge >= 0.3 is 0 Å². The second-order valence-corrected chi connectivity index (χ2v) is 7.69. The van der Waals surface area contributed by atoms with Crippen molar-refractivity contribution in [2.75, 3.05) is 26.3 Å². The third-order valence-electron chi connectivity index (χ3n) is 4.90. The lowest BCUT2D eigenvalue weighted by Crippen LogP contribution is -2.40. The minimum absolute atomic E-state index is 0.0207. The van der Waals surface area contributed by atoms with E-state index in [9.17, 15) is 9.18 Å². The first-order valence-corrected chi connectivity index (χ1v) is 10.1. The highest BCUT2D eigenvalue weighted by atomic mass is 32.1. The van der Waals surface area contributed by atoms with Crippen molar-refractivity contribution in [2.24, 2.45) is 0 Å². The second kappa shape index (κ2) is 7.38. The Hall–Kier alpha value is -3.10. The molecule has 1 aliphatic heterocycles. The van der Waals surface area contributed by atoms with Crippen molar-refractivity contribution in [3.8, 4) is 21.8 Å². The van der Waals surface area contributed by atoms with Crippen LogP contribution in [0.15, 0.2) is 54.7 Å². The fraction of sp³-hybridized carbons (Fsp3) is 0.190. The molecule has 0 unspecified atom stereocenters. The standard InChI is InChI=1S/C21H17FN4O2S/c22-17-7-5-14(6-8-17)18-13-23-21-26(18)24-19(29-21)15-1-3-16(4-2-15)20(27)25-9-11-28-12-10-25/h1-8,13H,9-12H2. The second-order valence-electron chi connectivity index (χ2n) is 6.73. The molecular weight excluding hydrogens is 391 g/mol. The Kier molecular flexibility index (Phi) is 4.57. The van der Waals surface area contributed by atoms with Crippen LogP contribution < -0.4 is 0 Å². The lowest BCUT2D eigenvalue weighted by Gasteiger charge is -2.26. The number of hydrogen-bond donors (Lipinski definition) is 0. The molecule has 0 N–H and O–H groups in total. The molecule has 8 heteroatoms.